The van der Waals surface area contributed by atoms with Gasteiger partial charge in [0.25, 0.3) is 0 Å². The summed E-state index contributed by atoms with van der Waals surface area (Å²) in [7, 11) is 0. The molecule has 0 aliphatic carbocycles. The molecular formula is C82H52N4S2. The van der Waals surface area contributed by atoms with E-state index in [4.69, 9.17) is 9.97 Å². The summed E-state index contributed by atoms with van der Waals surface area (Å²) in [4.78, 5) is 10.1. The Hall–Kier alpha value is -11.0. The molecule has 88 heavy (non-hydrogen) atoms. The van der Waals surface area contributed by atoms with Crippen molar-refractivity contribution in [3.63, 3.8) is 0 Å². The van der Waals surface area contributed by atoms with Gasteiger partial charge in [-0.15, -0.1) is 22.7 Å². The third kappa shape index (κ3) is 8.96. The van der Waals surface area contributed by atoms with E-state index in [1.165, 1.54) is 84.0 Å². The van der Waals surface area contributed by atoms with E-state index < -0.39 is 0 Å². The number of hydrogen-bond acceptors (Lipinski definition) is 4. The van der Waals surface area contributed by atoms with E-state index in [9.17, 15) is 0 Å². The van der Waals surface area contributed by atoms with Crippen molar-refractivity contribution in [3.05, 3.63) is 315 Å². The van der Waals surface area contributed by atoms with Crippen LogP contribution in [0.2, 0.25) is 0 Å². The largest absolute Gasteiger partial charge is 0.309 e. The van der Waals surface area contributed by atoms with Crippen LogP contribution < -0.4 is 0 Å². The van der Waals surface area contributed by atoms with E-state index in [-0.39, 0.29) is 0 Å². The van der Waals surface area contributed by atoms with E-state index in [2.05, 4.69) is 300 Å². The van der Waals surface area contributed by atoms with Crippen LogP contribution in [0.15, 0.2) is 315 Å². The first-order valence-corrected chi connectivity index (χ1v) is 31.4. The first-order chi connectivity index (χ1) is 43.6. The van der Waals surface area contributed by atoms with Crippen molar-refractivity contribution in [1.29, 1.82) is 0 Å². The number of nitrogens with zero attached hydrogens (tertiary/aromatic N) is 4. The van der Waals surface area contributed by atoms with Gasteiger partial charge >= 0.3 is 0 Å². The topological polar surface area (TPSA) is 35.6 Å². The zero-order valence-electron chi connectivity index (χ0n) is 47.6. The van der Waals surface area contributed by atoms with Crippen LogP contribution in [0, 0.1) is 0 Å². The fourth-order valence-corrected chi connectivity index (χ4v) is 15.3. The highest BCUT2D eigenvalue weighted by molar-refractivity contribution is 7.26. The van der Waals surface area contributed by atoms with E-state index >= 15 is 0 Å². The third-order valence-corrected chi connectivity index (χ3v) is 19.5. The summed E-state index contributed by atoms with van der Waals surface area (Å²) in [6.07, 6.45) is 0. The van der Waals surface area contributed by atoms with Crippen molar-refractivity contribution >= 4 is 107 Å². The summed E-state index contributed by atoms with van der Waals surface area (Å²) < 4.78 is 10.1. The Kier molecular flexibility index (Phi) is 12.6. The van der Waals surface area contributed by atoms with Gasteiger partial charge in [0.2, 0.25) is 0 Å². The summed E-state index contributed by atoms with van der Waals surface area (Å²) in [6, 6.07) is 113. The standard InChI is InChI=1S/2C41H26N2S/c1-3-11-28(12-4-1)36-23-30(24-37(42-36)29-13-5-2-6-14-29)27-19-21-31(22-20-27)43-38-17-9-7-15-32(38)34-25-35-33-16-8-10-18-40(33)44-41(35)26-39(34)43;1-3-11-28(12-4-1)34-25-30(26-35(42-34)29-13-5-2-6-14-29)27-19-21-31(22-20-27)43-36-17-9-7-15-32(36)40-37(43)23-24-39-41(40)33-16-8-10-18-38(33)44-39/h2*1-26H. The Morgan fingerprint density at radius 3 is 1.11 bits per heavy atom. The zero-order valence-corrected chi connectivity index (χ0v) is 49.3. The molecule has 0 spiro atoms. The number of rotatable bonds is 8. The predicted molar refractivity (Wildman–Crippen MR) is 376 cm³/mol. The molecule has 4 nitrogen and oxygen atoms in total. The number of thiophene rings is 2. The molecule has 0 aliphatic rings. The Bertz CT molecular complexity index is 5530. The monoisotopic (exact) mass is 1160 g/mol. The smallest absolute Gasteiger partial charge is 0.0715 e. The lowest BCUT2D eigenvalue weighted by molar-refractivity contribution is 1.18. The molecule has 0 amide bonds. The second-order valence-electron chi connectivity index (χ2n) is 22.4. The average molecular weight is 1160 g/mol. The molecule has 0 fully saturated rings. The summed E-state index contributed by atoms with van der Waals surface area (Å²) in [6.45, 7) is 0. The minimum atomic E-state index is 0.973. The van der Waals surface area contributed by atoms with Crippen LogP contribution in [-0.4, -0.2) is 19.1 Å². The minimum Gasteiger partial charge on any atom is -0.309 e. The van der Waals surface area contributed by atoms with Gasteiger partial charge in [0.1, 0.15) is 0 Å². The second-order valence-corrected chi connectivity index (χ2v) is 24.6. The molecule has 0 saturated carbocycles. The number of pyridine rings is 2. The Morgan fingerprint density at radius 1 is 0.205 bits per heavy atom. The van der Waals surface area contributed by atoms with Crippen LogP contribution in [0.1, 0.15) is 0 Å². The third-order valence-electron chi connectivity index (χ3n) is 17.2. The van der Waals surface area contributed by atoms with Crippen molar-refractivity contribution in [3.8, 4) is 78.7 Å². The SMILES string of the molecule is c1ccc(-c2cc(-c3ccc(-n4c5ccccc5c5c6c(ccc54)sc4ccccc46)cc3)cc(-c3ccccc3)n2)cc1.c1ccc(-c2cc(-c3ccc(-n4c5ccccc5c5cc6c(cc54)sc4ccccc46)cc3)cc(-c3ccccc3)n2)cc1. The van der Waals surface area contributed by atoms with Gasteiger partial charge in [0, 0.05) is 95.5 Å². The fraction of sp³-hybridized carbons (Fsp3) is 0. The molecule has 6 aromatic heterocycles. The van der Waals surface area contributed by atoms with Crippen LogP contribution in [0.3, 0.4) is 0 Å². The molecule has 0 radical (unpaired) electrons. The van der Waals surface area contributed by atoms with E-state index in [1.807, 2.05) is 46.9 Å². The molecule has 18 aromatic rings. The first-order valence-electron chi connectivity index (χ1n) is 29.8. The number of hydrogen-bond donors (Lipinski definition) is 0. The summed E-state index contributed by atoms with van der Waals surface area (Å²) in [5.74, 6) is 0. The number of aromatic nitrogens is 4. The maximum absolute atomic E-state index is 5.06. The van der Waals surface area contributed by atoms with Crippen molar-refractivity contribution in [1.82, 2.24) is 19.1 Å². The highest BCUT2D eigenvalue weighted by Crippen LogP contribution is 2.45. The minimum absolute atomic E-state index is 0.973. The lowest BCUT2D eigenvalue weighted by Crippen LogP contribution is -1.94. The van der Waals surface area contributed by atoms with Crippen LogP contribution in [0.4, 0.5) is 0 Å². The van der Waals surface area contributed by atoms with Gasteiger partial charge in [-0.25, -0.2) is 9.97 Å². The highest BCUT2D eigenvalue weighted by Gasteiger charge is 2.20. The van der Waals surface area contributed by atoms with Crippen LogP contribution in [-0.2, 0) is 0 Å². The molecule has 0 unspecified atom stereocenters. The molecule has 0 saturated heterocycles. The molecule has 0 aliphatic heterocycles. The zero-order chi connectivity index (χ0) is 58.1. The Morgan fingerprint density at radius 2 is 0.602 bits per heavy atom. The lowest BCUT2D eigenvalue weighted by atomic mass is 10.00. The molecule has 412 valence electrons. The second kappa shape index (κ2) is 21.5. The quantitative estimate of drug-likeness (QED) is 0.152. The van der Waals surface area contributed by atoms with E-state index in [0.29, 0.717) is 0 Å². The van der Waals surface area contributed by atoms with Crippen molar-refractivity contribution in [2.45, 2.75) is 0 Å². The highest BCUT2D eigenvalue weighted by atomic mass is 32.1. The first kappa shape index (κ1) is 51.4. The molecule has 6 heteroatoms. The number of fused-ring (bicyclic) bond motifs is 13. The molecule has 12 aromatic carbocycles. The van der Waals surface area contributed by atoms with Crippen molar-refractivity contribution in [2.75, 3.05) is 0 Å². The summed E-state index contributed by atoms with van der Waals surface area (Å²) >= 11 is 3.74. The molecule has 0 bridgehead atoms. The number of benzene rings is 12. The van der Waals surface area contributed by atoms with Crippen LogP contribution in [0.25, 0.3) is 163 Å². The van der Waals surface area contributed by atoms with Gasteiger partial charge in [0.15, 0.2) is 0 Å². The maximum atomic E-state index is 5.06. The van der Waals surface area contributed by atoms with Gasteiger partial charge in [0.05, 0.1) is 44.8 Å². The molecule has 18 rings (SSSR count). The summed E-state index contributed by atoms with van der Waals surface area (Å²) in [5.41, 5.74) is 20.2. The predicted octanol–water partition coefficient (Wildman–Crippen LogP) is 23.1. The molecular weight excluding hydrogens is 1110 g/mol. The maximum Gasteiger partial charge on any atom is 0.0715 e. The lowest BCUT2D eigenvalue weighted by Gasteiger charge is -2.12. The molecule has 0 atom stereocenters. The normalized spacial score (nSPS) is 11.6. The average Bonchev–Trinajstić information content (AvgIpc) is 1.67. The van der Waals surface area contributed by atoms with Gasteiger partial charge < -0.3 is 9.13 Å². The fourth-order valence-electron chi connectivity index (χ4n) is 13.0. The summed E-state index contributed by atoms with van der Waals surface area (Å²) in [5, 5.41) is 10.5. The molecule has 0 N–H and O–H groups in total. The van der Waals surface area contributed by atoms with E-state index in [0.717, 1.165) is 78.7 Å². The van der Waals surface area contributed by atoms with Gasteiger partial charge in [-0.05, 0) is 119 Å². The van der Waals surface area contributed by atoms with Crippen molar-refractivity contribution in [2.24, 2.45) is 0 Å². The van der Waals surface area contributed by atoms with Gasteiger partial charge in [-0.3, -0.25) is 0 Å². The molecule has 6 heterocycles. The van der Waals surface area contributed by atoms with Gasteiger partial charge in [-0.1, -0.05) is 218 Å². The van der Waals surface area contributed by atoms with Crippen LogP contribution >= 0.6 is 22.7 Å². The Labute approximate surface area is 516 Å². The van der Waals surface area contributed by atoms with Gasteiger partial charge in [-0.2, -0.15) is 0 Å². The van der Waals surface area contributed by atoms with E-state index in [1.54, 1.807) is 0 Å². The Balaban J connectivity index is 0.000000137. The van der Waals surface area contributed by atoms with Crippen molar-refractivity contribution < 1.29 is 0 Å². The van der Waals surface area contributed by atoms with Crippen LogP contribution in [0.5, 0.6) is 0 Å². The number of para-hydroxylation sites is 2.